The summed E-state index contributed by atoms with van der Waals surface area (Å²) >= 11 is 0. The van der Waals surface area contributed by atoms with E-state index in [1.165, 1.54) is 13.4 Å². The number of esters is 1. The molecule has 2 aliphatic rings. The first-order valence-corrected chi connectivity index (χ1v) is 8.14. The van der Waals surface area contributed by atoms with Gasteiger partial charge in [0, 0.05) is 11.6 Å². The second-order valence-corrected chi connectivity index (χ2v) is 6.28. The summed E-state index contributed by atoms with van der Waals surface area (Å²) in [6.07, 6.45) is 2.71. The fourth-order valence-corrected chi connectivity index (χ4v) is 3.26. The minimum Gasteiger partial charge on any atom is -0.466 e. The molecule has 0 bridgehead atoms. The molecule has 1 heterocycles. The number of allylic oxidation sites excluding steroid dienone is 1. The van der Waals surface area contributed by atoms with E-state index in [0.29, 0.717) is 17.7 Å². The van der Waals surface area contributed by atoms with Gasteiger partial charge in [-0.1, -0.05) is 29.3 Å². The van der Waals surface area contributed by atoms with Crippen LogP contribution in [-0.4, -0.2) is 25.5 Å². The number of methoxy groups -OCH3 is 1. The van der Waals surface area contributed by atoms with Crippen LogP contribution in [0.25, 0.3) is 0 Å². The molecule has 0 spiro atoms. The number of aryl methyl sites for hydroxylation is 1. The summed E-state index contributed by atoms with van der Waals surface area (Å²) in [7, 11) is 1.34. The fourth-order valence-electron chi connectivity index (χ4n) is 3.26. The van der Waals surface area contributed by atoms with Gasteiger partial charge in [0.05, 0.1) is 24.9 Å². The van der Waals surface area contributed by atoms with Gasteiger partial charge >= 0.3 is 12.1 Å². The average molecular weight is 343 g/mol. The molecule has 6 nitrogen and oxygen atoms in total. The molecule has 132 valence electrons. The molecule has 1 aliphatic carbocycles. The lowest BCUT2D eigenvalue weighted by Crippen LogP contribution is -2.38. The van der Waals surface area contributed by atoms with Gasteiger partial charge in [-0.05, 0) is 32.4 Å². The molecule has 3 atom stereocenters. The molecule has 0 saturated heterocycles. The number of hydrogen-bond acceptors (Lipinski definition) is 5. The van der Waals surface area contributed by atoms with Crippen molar-refractivity contribution in [3.8, 4) is 0 Å². The van der Waals surface area contributed by atoms with Gasteiger partial charge < -0.3 is 14.2 Å². The topological polar surface area (TPSA) is 73.9 Å². The van der Waals surface area contributed by atoms with Crippen LogP contribution >= 0.6 is 0 Å². The van der Waals surface area contributed by atoms with E-state index in [-0.39, 0.29) is 11.8 Å². The Bertz CT molecular complexity index is 735. The molecule has 1 aliphatic heterocycles. The molecule has 1 aromatic rings. The van der Waals surface area contributed by atoms with Crippen molar-refractivity contribution in [2.75, 3.05) is 12.4 Å². The Labute approximate surface area is 146 Å². The molecule has 1 N–H and O–H groups in total. The zero-order valence-electron chi connectivity index (χ0n) is 14.4. The molecule has 0 aromatic heterocycles. The van der Waals surface area contributed by atoms with Crippen molar-refractivity contribution in [2.45, 2.75) is 26.6 Å². The van der Waals surface area contributed by atoms with E-state index >= 15 is 0 Å². The predicted octanol–water partition coefficient (Wildman–Crippen LogP) is 3.54. The number of carbonyl (C=O) groups excluding carboxylic acids is 2. The molecule has 3 unspecified atom stereocenters. The number of anilines is 1. The van der Waals surface area contributed by atoms with Crippen LogP contribution in [-0.2, 0) is 19.0 Å². The lowest BCUT2D eigenvalue weighted by Gasteiger charge is -2.33. The SMILES string of the molecule is COC(=O)C1=COC(OC(=O)Nc2ccc(C)cc2)C2C(C)=CCC12. The Hall–Kier alpha value is -2.76. The quantitative estimate of drug-likeness (QED) is 0.671. The standard InChI is InChI=1S/C19H21NO5/c1-11-4-7-13(8-5-11)20-19(22)25-18-16-12(2)6-9-14(16)15(10-24-18)17(21)23-3/h4-8,10,14,16,18H,9H2,1-3H3,(H,20,22). The number of ether oxygens (including phenoxy) is 3. The van der Waals surface area contributed by atoms with E-state index in [1.54, 1.807) is 12.1 Å². The highest BCUT2D eigenvalue weighted by molar-refractivity contribution is 5.89. The van der Waals surface area contributed by atoms with Crippen LogP contribution in [0.2, 0.25) is 0 Å². The second kappa shape index (κ2) is 7.01. The number of nitrogens with one attached hydrogen (secondary N) is 1. The van der Waals surface area contributed by atoms with Crippen molar-refractivity contribution in [2.24, 2.45) is 11.8 Å². The maximum Gasteiger partial charge on any atom is 0.414 e. The van der Waals surface area contributed by atoms with Crippen LogP contribution in [0.15, 0.2) is 47.7 Å². The first-order chi connectivity index (χ1) is 12.0. The minimum absolute atomic E-state index is 0.0987. The van der Waals surface area contributed by atoms with Crippen molar-refractivity contribution in [1.82, 2.24) is 0 Å². The third kappa shape index (κ3) is 3.52. The van der Waals surface area contributed by atoms with E-state index in [4.69, 9.17) is 14.2 Å². The van der Waals surface area contributed by atoms with Gasteiger partial charge in [-0.15, -0.1) is 0 Å². The first kappa shape index (κ1) is 17.1. The number of rotatable bonds is 3. The van der Waals surface area contributed by atoms with Gasteiger partial charge in [0.2, 0.25) is 0 Å². The average Bonchev–Trinajstić information content (AvgIpc) is 2.99. The van der Waals surface area contributed by atoms with Crippen molar-refractivity contribution in [3.05, 3.63) is 53.3 Å². The summed E-state index contributed by atoms with van der Waals surface area (Å²) in [4.78, 5) is 24.1. The number of amides is 1. The Morgan fingerprint density at radius 2 is 1.92 bits per heavy atom. The number of fused-ring (bicyclic) bond motifs is 1. The monoisotopic (exact) mass is 343 g/mol. The minimum atomic E-state index is -0.775. The molecular formula is C19H21NO5. The normalized spacial score (nSPS) is 24.4. The first-order valence-electron chi connectivity index (χ1n) is 8.14. The van der Waals surface area contributed by atoms with E-state index in [9.17, 15) is 9.59 Å². The summed E-state index contributed by atoms with van der Waals surface area (Å²) in [5.74, 6) is -0.707. The van der Waals surface area contributed by atoms with E-state index in [1.807, 2.05) is 32.1 Å². The number of carbonyl (C=O) groups is 2. The Morgan fingerprint density at radius 3 is 2.60 bits per heavy atom. The lowest BCUT2D eigenvalue weighted by atomic mass is 9.84. The van der Waals surface area contributed by atoms with E-state index < -0.39 is 18.4 Å². The maximum atomic E-state index is 12.2. The molecule has 6 heteroatoms. The van der Waals surface area contributed by atoms with Crippen LogP contribution in [0.4, 0.5) is 10.5 Å². The summed E-state index contributed by atoms with van der Waals surface area (Å²) in [5, 5.41) is 2.68. The highest BCUT2D eigenvalue weighted by Crippen LogP contribution is 2.43. The van der Waals surface area contributed by atoms with Crippen LogP contribution in [0.3, 0.4) is 0 Å². The molecule has 3 rings (SSSR count). The molecule has 0 fully saturated rings. The third-order valence-electron chi connectivity index (χ3n) is 4.62. The summed E-state index contributed by atoms with van der Waals surface area (Å²) in [5.41, 5.74) is 3.25. The lowest BCUT2D eigenvalue weighted by molar-refractivity contribution is -0.141. The number of hydrogen-bond donors (Lipinski definition) is 1. The predicted molar refractivity (Wildman–Crippen MR) is 91.6 cm³/mol. The van der Waals surface area contributed by atoms with Crippen LogP contribution in [0, 0.1) is 18.8 Å². The number of benzene rings is 1. The van der Waals surface area contributed by atoms with Gasteiger partial charge in [0.25, 0.3) is 6.29 Å². The van der Waals surface area contributed by atoms with Crippen LogP contribution < -0.4 is 5.32 Å². The molecule has 0 saturated carbocycles. The molecule has 1 aromatic carbocycles. The summed E-state index contributed by atoms with van der Waals surface area (Å²) < 4.78 is 15.8. The van der Waals surface area contributed by atoms with E-state index in [0.717, 1.165) is 11.1 Å². The highest BCUT2D eigenvalue weighted by Gasteiger charge is 2.44. The highest BCUT2D eigenvalue weighted by atomic mass is 16.7. The van der Waals surface area contributed by atoms with Gasteiger partial charge in [0.1, 0.15) is 0 Å². The Balaban J connectivity index is 1.70. The van der Waals surface area contributed by atoms with Crippen LogP contribution in [0.1, 0.15) is 18.9 Å². The fraction of sp³-hybridized carbons (Fsp3) is 0.368. The molecular weight excluding hydrogens is 322 g/mol. The van der Waals surface area contributed by atoms with Crippen molar-refractivity contribution in [3.63, 3.8) is 0 Å². The summed E-state index contributed by atoms with van der Waals surface area (Å²) in [6.45, 7) is 3.92. The molecule has 25 heavy (non-hydrogen) atoms. The Morgan fingerprint density at radius 1 is 1.20 bits per heavy atom. The third-order valence-corrected chi connectivity index (χ3v) is 4.62. The summed E-state index contributed by atoms with van der Waals surface area (Å²) in [6, 6.07) is 7.41. The van der Waals surface area contributed by atoms with Crippen LogP contribution in [0.5, 0.6) is 0 Å². The van der Waals surface area contributed by atoms with Crippen molar-refractivity contribution < 1.29 is 23.8 Å². The van der Waals surface area contributed by atoms with E-state index in [2.05, 4.69) is 5.32 Å². The van der Waals surface area contributed by atoms with Crippen molar-refractivity contribution in [1.29, 1.82) is 0 Å². The smallest absolute Gasteiger partial charge is 0.414 e. The zero-order valence-corrected chi connectivity index (χ0v) is 14.4. The van der Waals surface area contributed by atoms with Gasteiger partial charge in [0.15, 0.2) is 0 Å². The molecule has 1 amide bonds. The van der Waals surface area contributed by atoms with Gasteiger partial charge in [-0.2, -0.15) is 0 Å². The maximum absolute atomic E-state index is 12.2. The zero-order chi connectivity index (χ0) is 18.0. The Kier molecular flexibility index (Phi) is 4.79. The largest absolute Gasteiger partial charge is 0.466 e. The van der Waals surface area contributed by atoms with Gasteiger partial charge in [-0.3, -0.25) is 5.32 Å². The van der Waals surface area contributed by atoms with Crippen molar-refractivity contribution >= 4 is 17.7 Å². The van der Waals surface area contributed by atoms with Gasteiger partial charge in [-0.25, -0.2) is 9.59 Å². The molecule has 0 radical (unpaired) electrons. The second-order valence-electron chi connectivity index (χ2n) is 6.28.